The van der Waals surface area contributed by atoms with Crippen molar-refractivity contribution in [2.75, 3.05) is 20.1 Å². The van der Waals surface area contributed by atoms with Crippen LogP contribution in [0.15, 0.2) is 17.6 Å². The van der Waals surface area contributed by atoms with Crippen LogP contribution < -0.4 is 10.6 Å². The third-order valence-corrected chi connectivity index (χ3v) is 4.02. The van der Waals surface area contributed by atoms with Crippen LogP contribution in [0.1, 0.15) is 59.3 Å². The first kappa shape index (κ1) is 23.1. The zero-order valence-corrected chi connectivity index (χ0v) is 18.0. The number of aromatic nitrogens is 3. The van der Waals surface area contributed by atoms with Crippen LogP contribution in [-0.2, 0) is 6.54 Å². The van der Waals surface area contributed by atoms with Gasteiger partial charge in [-0.15, -0.1) is 34.2 Å². The van der Waals surface area contributed by atoms with E-state index in [-0.39, 0.29) is 24.0 Å². The van der Waals surface area contributed by atoms with Gasteiger partial charge in [0.2, 0.25) is 0 Å². The Kier molecular flexibility index (Phi) is 13.0. The smallest absolute Gasteiger partial charge is 0.190 e. The van der Waals surface area contributed by atoms with Crippen LogP contribution in [0.4, 0.5) is 0 Å². The zero-order valence-electron chi connectivity index (χ0n) is 15.7. The third-order valence-electron chi connectivity index (χ3n) is 4.02. The van der Waals surface area contributed by atoms with Crippen LogP contribution in [0.25, 0.3) is 0 Å². The number of aryl methyl sites for hydroxylation is 1. The number of hydrogen-bond donors (Lipinski definition) is 2. The molecule has 0 aliphatic carbocycles. The van der Waals surface area contributed by atoms with Crippen LogP contribution in [0, 0.1) is 5.41 Å². The van der Waals surface area contributed by atoms with Crippen molar-refractivity contribution in [1.82, 2.24) is 25.4 Å². The lowest BCUT2D eigenvalue weighted by molar-refractivity contribution is 0.318. The van der Waals surface area contributed by atoms with Crippen molar-refractivity contribution in [3.63, 3.8) is 0 Å². The Bertz CT molecular complexity index is 430. The Morgan fingerprint density at radius 3 is 2.42 bits per heavy atom. The highest BCUT2D eigenvalue weighted by Crippen LogP contribution is 2.22. The monoisotopic (exact) mass is 450 g/mol. The Balaban J connectivity index is 0.00000529. The van der Waals surface area contributed by atoms with E-state index in [1.54, 1.807) is 12.7 Å². The van der Waals surface area contributed by atoms with Crippen LogP contribution in [0.5, 0.6) is 0 Å². The Hall–Kier alpha value is -0.860. The standard InChI is InChI=1S/C17H34N6.HI/c1-5-6-7-10-17(2,3)13-20-16(18-4)19-11-8-9-12-23-14-21-22-15-23;/h14-15H,5-13H2,1-4H3,(H2,18,19,20);1H. The minimum absolute atomic E-state index is 0. The Morgan fingerprint density at radius 1 is 1.08 bits per heavy atom. The Morgan fingerprint density at radius 2 is 1.79 bits per heavy atom. The predicted octanol–water partition coefficient (Wildman–Crippen LogP) is 3.45. The van der Waals surface area contributed by atoms with E-state index in [4.69, 9.17) is 0 Å². The van der Waals surface area contributed by atoms with Gasteiger partial charge >= 0.3 is 0 Å². The second kappa shape index (κ2) is 13.4. The maximum absolute atomic E-state index is 4.30. The molecule has 0 spiro atoms. The number of rotatable bonds is 11. The number of halogens is 1. The molecule has 140 valence electrons. The molecule has 0 atom stereocenters. The molecular weight excluding hydrogens is 415 g/mol. The van der Waals surface area contributed by atoms with Crippen molar-refractivity contribution >= 4 is 29.9 Å². The molecule has 24 heavy (non-hydrogen) atoms. The highest BCUT2D eigenvalue weighted by atomic mass is 127. The molecule has 0 aliphatic heterocycles. The molecule has 0 radical (unpaired) electrons. The number of aliphatic imine (C=N–C) groups is 1. The molecule has 1 rings (SSSR count). The summed E-state index contributed by atoms with van der Waals surface area (Å²) in [6.45, 7) is 9.74. The molecule has 0 amide bonds. The average molecular weight is 450 g/mol. The fourth-order valence-electron chi connectivity index (χ4n) is 2.45. The van der Waals surface area contributed by atoms with Gasteiger partial charge in [-0.2, -0.15) is 0 Å². The molecule has 7 heteroatoms. The lowest BCUT2D eigenvalue weighted by Gasteiger charge is -2.26. The van der Waals surface area contributed by atoms with Gasteiger partial charge in [0.1, 0.15) is 12.7 Å². The molecule has 2 N–H and O–H groups in total. The largest absolute Gasteiger partial charge is 0.356 e. The number of nitrogens with zero attached hydrogens (tertiary/aromatic N) is 4. The van der Waals surface area contributed by atoms with Crippen LogP contribution in [0.2, 0.25) is 0 Å². The summed E-state index contributed by atoms with van der Waals surface area (Å²) in [7, 11) is 1.83. The second-order valence-corrected chi connectivity index (χ2v) is 6.88. The fourth-order valence-corrected chi connectivity index (χ4v) is 2.45. The first-order valence-electron chi connectivity index (χ1n) is 8.84. The maximum atomic E-state index is 4.30. The molecule has 1 heterocycles. The highest BCUT2D eigenvalue weighted by molar-refractivity contribution is 14.0. The van der Waals surface area contributed by atoms with Gasteiger partial charge in [-0.05, 0) is 24.7 Å². The maximum Gasteiger partial charge on any atom is 0.190 e. The summed E-state index contributed by atoms with van der Waals surface area (Å²) in [5.74, 6) is 0.901. The van der Waals surface area contributed by atoms with E-state index in [1.165, 1.54) is 25.7 Å². The molecule has 1 aromatic rings. The summed E-state index contributed by atoms with van der Waals surface area (Å²) < 4.78 is 2.01. The third kappa shape index (κ3) is 10.8. The summed E-state index contributed by atoms with van der Waals surface area (Å²) >= 11 is 0. The molecule has 0 unspecified atom stereocenters. The second-order valence-electron chi connectivity index (χ2n) is 6.88. The summed E-state index contributed by atoms with van der Waals surface area (Å²) in [5.41, 5.74) is 0.307. The lowest BCUT2D eigenvalue weighted by Crippen LogP contribution is -2.42. The topological polar surface area (TPSA) is 67.1 Å². The van der Waals surface area contributed by atoms with E-state index in [2.05, 4.69) is 46.6 Å². The number of guanidine groups is 1. The first-order chi connectivity index (χ1) is 11.1. The van der Waals surface area contributed by atoms with Crippen LogP contribution >= 0.6 is 24.0 Å². The molecule has 0 saturated heterocycles. The SMILES string of the molecule is CCCCCC(C)(C)CNC(=NC)NCCCCn1cnnc1.I. The number of nitrogens with one attached hydrogen (secondary N) is 2. The molecule has 0 fully saturated rings. The first-order valence-corrected chi connectivity index (χ1v) is 8.84. The van der Waals surface area contributed by atoms with Crippen molar-refractivity contribution < 1.29 is 0 Å². The minimum Gasteiger partial charge on any atom is -0.356 e. The summed E-state index contributed by atoms with van der Waals surface area (Å²) in [5, 5.41) is 14.5. The van der Waals surface area contributed by atoms with Crippen molar-refractivity contribution in [3.05, 3.63) is 12.7 Å². The lowest BCUT2D eigenvalue weighted by atomic mass is 9.87. The fraction of sp³-hybridized carbons (Fsp3) is 0.824. The average Bonchev–Trinajstić information content (AvgIpc) is 3.03. The molecule has 0 aliphatic rings. The van der Waals surface area contributed by atoms with Gasteiger partial charge in [0.15, 0.2) is 5.96 Å². The van der Waals surface area contributed by atoms with Gasteiger partial charge in [0, 0.05) is 26.7 Å². The van der Waals surface area contributed by atoms with E-state index in [0.29, 0.717) is 5.41 Å². The van der Waals surface area contributed by atoms with Crippen molar-refractivity contribution in [2.24, 2.45) is 10.4 Å². The predicted molar refractivity (Wildman–Crippen MR) is 112 cm³/mol. The van der Waals surface area contributed by atoms with E-state index in [1.807, 2.05) is 11.6 Å². The molecule has 6 nitrogen and oxygen atoms in total. The van der Waals surface area contributed by atoms with Gasteiger partial charge < -0.3 is 15.2 Å². The quantitative estimate of drug-likeness (QED) is 0.235. The van der Waals surface area contributed by atoms with E-state index < -0.39 is 0 Å². The molecular formula is C17H35IN6. The molecule has 0 aromatic carbocycles. The molecule has 1 aromatic heterocycles. The molecule has 0 bridgehead atoms. The van der Waals surface area contributed by atoms with Crippen molar-refractivity contribution in [3.8, 4) is 0 Å². The van der Waals surface area contributed by atoms with Crippen molar-refractivity contribution in [1.29, 1.82) is 0 Å². The van der Waals surface area contributed by atoms with Gasteiger partial charge in [-0.25, -0.2) is 0 Å². The van der Waals surface area contributed by atoms with Gasteiger partial charge in [-0.1, -0.05) is 40.0 Å². The normalized spacial score (nSPS) is 11.9. The van der Waals surface area contributed by atoms with Crippen molar-refractivity contribution in [2.45, 2.75) is 65.8 Å². The van der Waals surface area contributed by atoms with Gasteiger partial charge in [0.25, 0.3) is 0 Å². The molecule has 0 saturated carbocycles. The number of hydrogen-bond acceptors (Lipinski definition) is 3. The summed E-state index contributed by atoms with van der Waals surface area (Å²) in [6, 6.07) is 0. The van der Waals surface area contributed by atoms with Crippen LogP contribution in [-0.4, -0.2) is 40.9 Å². The minimum atomic E-state index is 0. The van der Waals surface area contributed by atoms with E-state index in [9.17, 15) is 0 Å². The zero-order chi connectivity index (χ0) is 17.0. The number of unbranched alkanes of at least 4 members (excludes halogenated alkanes) is 3. The van der Waals surface area contributed by atoms with E-state index >= 15 is 0 Å². The van der Waals surface area contributed by atoms with Crippen LogP contribution in [0.3, 0.4) is 0 Å². The highest BCUT2D eigenvalue weighted by Gasteiger charge is 2.17. The van der Waals surface area contributed by atoms with E-state index in [0.717, 1.165) is 38.4 Å². The summed E-state index contributed by atoms with van der Waals surface area (Å²) in [4.78, 5) is 4.30. The Labute approximate surface area is 164 Å². The van der Waals surface area contributed by atoms with Gasteiger partial charge in [-0.3, -0.25) is 4.99 Å². The summed E-state index contributed by atoms with van der Waals surface area (Å²) in [6.07, 6.45) is 10.9. The van der Waals surface area contributed by atoms with Gasteiger partial charge in [0.05, 0.1) is 0 Å².